The van der Waals surface area contributed by atoms with Gasteiger partial charge in [-0.3, -0.25) is 9.78 Å². The molecule has 1 aromatic carbocycles. The van der Waals surface area contributed by atoms with Gasteiger partial charge in [-0.1, -0.05) is 30.3 Å². The quantitative estimate of drug-likeness (QED) is 0.944. The maximum Gasteiger partial charge on any atom is 0.223 e. The Bertz CT molecular complexity index is 657. The number of hydrogen-bond donors (Lipinski definition) is 1. The summed E-state index contributed by atoms with van der Waals surface area (Å²) in [5.74, 6) is 0.226. The van der Waals surface area contributed by atoms with Crippen molar-refractivity contribution < 1.29 is 4.79 Å². The van der Waals surface area contributed by atoms with Crippen LogP contribution < -0.4 is 5.32 Å². The van der Waals surface area contributed by atoms with Gasteiger partial charge in [-0.25, -0.2) is 0 Å². The summed E-state index contributed by atoms with van der Waals surface area (Å²) in [6.07, 6.45) is 4.99. The van der Waals surface area contributed by atoms with E-state index < -0.39 is 0 Å². The Balaban J connectivity index is 1.68. The van der Waals surface area contributed by atoms with Gasteiger partial charge < -0.3 is 10.2 Å². The summed E-state index contributed by atoms with van der Waals surface area (Å²) < 4.78 is 0. The Morgan fingerprint density at radius 1 is 1.30 bits per heavy atom. The molecule has 3 rings (SSSR count). The largest absolute Gasteiger partial charge is 0.333 e. The molecule has 1 aromatic heterocycles. The Hall–Kier alpha value is -2.20. The summed E-state index contributed by atoms with van der Waals surface area (Å²) in [7, 11) is 0. The van der Waals surface area contributed by atoms with Gasteiger partial charge in [0.2, 0.25) is 5.91 Å². The Morgan fingerprint density at radius 3 is 2.96 bits per heavy atom. The van der Waals surface area contributed by atoms with E-state index in [1.165, 1.54) is 11.1 Å². The van der Waals surface area contributed by atoms with Crippen LogP contribution in [0.15, 0.2) is 48.8 Å². The zero-order valence-corrected chi connectivity index (χ0v) is 13.5. The van der Waals surface area contributed by atoms with Crippen LogP contribution in [0, 0.1) is 6.92 Å². The van der Waals surface area contributed by atoms with E-state index in [-0.39, 0.29) is 11.9 Å². The molecule has 1 N–H and O–H groups in total. The first-order valence-corrected chi connectivity index (χ1v) is 8.20. The summed E-state index contributed by atoms with van der Waals surface area (Å²) >= 11 is 0. The molecule has 1 aliphatic heterocycles. The second-order valence-corrected chi connectivity index (χ2v) is 6.02. The van der Waals surface area contributed by atoms with Crippen molar-refractivity contribution in [2.24, 2.45) is 0 Å². The van der Waals surface area contributed by atoms with Crippen LogP contribution >= 0.6 is 0 Å². The highest BCUT2D eigenvalue weighted by atomic mass is 16.2. The molecule has 4 heteroatoms. The number of rotatable bonds is 4. The molecule has 0 spiro atoms. The van der Waals surface area contributed by atoms with E-state index in [0.717, 1.165) is 31.6 Å². The third-order valence-corrected chi connectivity index (χ3v) is 4.50. The van der Waals surface area contributed by atoms with E-state index in [4.69, 9.17) is 0 Å². The lowest BCUT2D eigenvalue weighted by Crippen LogP contribution is -2.48. The summed E-state index contributed by atoms with van der Waals surface area (Å²) in [6.45, 7) is 4.50. The maximum absolute atomic E-state index is 12.7. The summed E-state index contributed by atoms with van der Waals surface area (Å²) in [5, 5.41) is 3.38. The van der Waals surface area contributed by atoms with Gasteiger partial charge in [-0.2, -0.15) is 0 Å². The van der Waals surface area contributed by atoms with Crippen molar-refractivity contribution in [2.75, 3.05) is 19.6 Å². The smallest absolute Gasteiger partial charge is 0.223 e. The molecule has 1 unspecified atom stereocenters. The molecule has 2 aromatic rings. The number of benzene rings is 1. The molecule has 1 saturated heterocycles. The zero-order valence-electron chi connectivity index (χ0n) is 13.5. The second-order valence-electron chi connectivity index (χ2n) is 6.02. The molecular weight excluding hydrogens is 286 g/mol. The van der Waals surface area contributed by atoms with E-state index in [0.29, 0.717) is 6.42 Å². The zero-order chi connectivity index (χ0) is 16.1. The number of nitrogens with zero attached hydrogens (tertiary/aromatic N) is 2. The van der Waals surface area contributed by atoms with Crippen molar-refractivity contribution in [2.45, 2.75) is 25.8 Å². The number of hydrogen-bond acceptors (Lipinski definition) is 3. The monoisotopic (exact) mass is 309 g/mol. The van der Waals surface area contributed by atoms with E-state index in [2.05, 4.69) is 29.4 Å². The predicted molar refractivity (Wildman–Crippen MR) is 91.1 cm³/mol. The second kappa shape index (κ2) is 7.38. The first-order valence-electron chi connectivity index (χ1n) is 8.20. The number of aryl methyl sites for hydroxylation is 2. The van der Waals surface area contributed by atoms with Crippen molar-refractivity contribution in [1.29, 1.82) is 0 Å². The summed E-state index contributed by atoms with van der Waals surface area (Å²) in [5.41, 5.74) is 3.61. The molecule has 120 valence electrons. The van der Waals surface area contributed by atoms with Crippen LogP contribution in [0.1, 0.15) is 29.2 Å². The van der Waals surface area contributed by atoms with Crippen LogP contribution in [0.25, 0.3) is 0 Å². The number of nitrogens with one attached hydrogen (secondary N) is 1. The Kier molecular flexibility index (Phi) is 5.03. The molecule has 1 aliphatic rings. The lowest BCUT2D eigenvalue weighted by molar-refractivity contribution is -0.134. The topological polar surface area (TPSA) is 45.2 Å². The molecule has 2 heterocycles. The van der Waals surface area contributed by atoms with Crippen LogP contribution in [-0.2, 0) is 11.2 Å². The highest BCUT2D eigenvalue weighted by molar-refractivity contribution is 5.77. The number of carbonyl (C=O) groups is 1. The fourth-order valence-corrected chi connectivity index (χ4v) is 3.15. The fraction of sp³-hybridized carbons (Fsp3) is 0.368. The standard InChI is InChI=1S/C19H23N3O/c1-15-5-2-3-6-16(15)8-9-19(23)22-12-11-21-14-18(22)17-7-4-10-20-13-17/h2-7,10,13,18,21H,8-9,11-12,14H2,1H3. The third kappa shape index (κ3) is 3.77. The van der Waals surface area contributed by atoms with Gasteiger partial charge >= 0.3 is 0 Å². The molecule has 0 saturated carbocycles. The average molecular weight is 309 g/mol. The fourth-order valence-electron chi connectivity index (χ4n) is 3.15. The maximum atomic E-state index is 12.7. The average Bonchev–Trinajstić information content (AvgIpc) is 2.61. The van der Waals surface area contributed by atoms with Crippen LogP contribution in [-0.4, -0.2) is 35.4 Å². The summed E-state index contributed by atoms with van der Waals surface area (Å²) in [4.78, 5) is 18.9. The van der Waals surface area contributed by atoms with Crippen LogP contribution in [0.3, 0.4) is 0 Å². The van der Waals surface area contributed by atoms with Gasteiger partial charge in [0, 0.05) is 38.4 Å². The van der Waals surface area contributed by atoms with Crippen molar-refractivity contribution in [3.63, 3.8) is 0 Å². The molecule has 0 aliphatic carbocycles. The SMILES string of the molecule is Cc1ccccc1CCC(=O)N1CCNCC1c1cccnc1. The first kappa shape index (κ1) is 15.7. The van der Waals surface area contributed by atoms with Gasteiger partial charge in [-0.15, -0.1) is 0 Å². The van der Waals surface area contributed by atoms with E-state index >= 15 is 0 Å². The highest BCUT2D eigenvalue weighted by Crippen LogP contribution is 2.22. The van der Waals surface area contributed by atoms with Gasteiger partial charge in [0.05, 0.1) is 6.04 Å². The normalized spacial score (nSPS) is 18.0. The molecule has 0 bridgehead atoms. The number of pyridine rings is 1. The van der Waals surface area contributed by atoms with Crippen LogP contribution in [0.5, 0.6) is 0 Å². The lowest BCUT2D eigenvalue weighted by Gasteiger charge is -2.36. The molecule has 0 radical (unpaired) electrons. The number of amides is 1. The van der Waals surface area contributed by atoms with E-state index in [9.17, 15) is 4.79 Å². The van der Waals surface area contributed by atoms with E-state index in [1.807, 2.05) is 35.4 Å². The number of piperazine rings is 1. The van der Waals surface area contributed by atoms with Gasteiger partial charge in [0.15, 0.2) is 0 Å². The molecule has 1 fully saturated rings. The summed E-state index contributed by atoms with van der Waals surface area (Å²) in [6, 6.07) is 12.3. The molecule has 4 nitrogen and oxygen atoms in total. The predicted octanol–water partition coefficient (Wildman–Crippen LogP) is 2.50. The molecule has 1 amide bonds. The molecular formula is C19H23N3O. The van der Waals surface area contributed by atoms with Crippen LogP contribution in [0.4, 0.5) is 0 Å². The van der Waals surface area contributed by atoms with Gasteiger partial charge in [0.1, 0.15) is 0 Å². The van der Waals surface area contributed by atoms with E-state index in [1.54, 1.807) is 6.20 Å². The number of aromatic nitrogens is 1. The van der Waals surface area contributed by atoms with Crippen LogP contribution in [0.2, 0.25) is 0 Å². The van der Waals surface area contributed by atoms with Gasteiger partial charge in [0.25, 0.3) is 0 Å². The molecule has 23 heavy (non-hydrogen) atoms. The van der Waals surface area contributed by atoms with Crippen molar-refractivity contribution >= 4 is 5.91 Å². The third-order valence-electron chi connectivity index (χ3n) is 4.50. The number of carbonyl (C=O) groups excluding carboxylic acids is 1. The minimum absolute atomic E-state index is 0.0850. The molecule has 1 atom stereocenters. The minimum Gasteiger partial charge on any atom is -0.333 e. The first-order chi connectivity index (χ1) is 11.3. The van der Waals surface area contributed by atoms with Crippen molar-refractivity contribution in [1.82, 2.24) is 15.2 Å². The minimum atomic E-state index is 0.0850. The highest BCUT2D eigenvalue weighted by Gasteiger charge is 2.27. The lowest BCUT2D eigenvalue weighted by atomic mass is 10.0. The Morgan fingerprint density at radius 2 is 2.17 bits per heavy atom. The van der Waals surface area contributed by atoms with Crippen molar-refractivity contribution in [3.05, 3.63) is 65.5 Å². The Labute approximate surface area is 137 Å². The van der Waals surface area contributed by atoms with Gasteiger partial charge in [-0.05, 0) is 36.1 Å². The van der Waals surface area contributed by atoms with Crippen molar-refractivity contribution in [3.8, 4) is 0 Å².